The van der Waals surface area contributed by atoms with Gasteiger partial charge in [0.15, 0.2) is 5.65 Å². The smallest absolute Gasteiger partial charge is 0.222 e. The van der Waals surface area contributed by atoms with E-state index in [2.05, 4.69) is 45.7 Å². The van der Waals surface area contributed by atoms with E-state index in [-0.39, 0.29) is 0 Å². The first-order valence-corrected chi connectivity index (χ1v) is 15.6. The summed E-state index contributed by atoms with van der Waals surface area (Å²) >= 11 is 0. The maximum atomic E-state index is 11.9. The van der Waals surface area contributed by atoms with E-state index in [4.69, 9.17) is 9.97 Å². The number of nitrogens with zero attached hydrogens (tertiary/aromatic N) is 6. The van der Waals surface area contributed by atoms with E-state index in [9.17, 15) is 4.79 Å². The number of unbranched alkanes of at least 4 members (excludes halogenated alkanes) is 3. The second kappa shape index (κ2) is 15.3. The van der Waals surface area contributed by atoms with Gasteiger partial charge in [0.05, 0.1) is 0 Å². The fraction of sp³-hybridized carbons (Fsp3) is 0.767. The Balaban J connectivity index is 1.44. The molecule has 8 nitrogen and oxygen atoms in total. The highest BCUT2D eigenvalue weighted by Gasteiger charge is 2.19. The Morgan fingerprint density at radius 3 is 2.34 bits per heavy atom. The molecule has 212 valence electrons. The maximum Gasteiger partial charge on any atom is 0.222 e. The summed E-state index contributed by atoms with van der Waals surface area (Å²) in [6.45, 7) is 13.8. The van der Waals surface area contributed by atoms with Crippen LogP contribution < -0.4 is 10.2 Å². The van der Waals surface area contributed by atoms with Crippen molar-refractivity contribution < 1.29 is 4.79 Å². The summed E-state index contributed by atoms with van der Waals surface area (Å²) in [6.07, 6.45) is 13.7. The van der Waals surface area contributed by atoms with Gasteiger partial charge < -0.3 is 20.0 Å². The van der Waals surface area contributed by atoms with E-state index in [0.717, 1.165) is 101 Å². The number of anilines is 2. The van der Waals surface area contributed by atoms with E-state index in [1.807, 2.05) is 4.90 Å². The van der Waals surface area contributed by atoms with Crippen LogP contribution in [0.2, 0.25) is 0 Å². The molecular formula is C30H51N7O. The third-order valence-electron chi connectivity index (χ3n) is 8.08. The van der Waals surface area contributed by atoms with Crippen LogP contribution in [0.15, 0.2) is 12.1 Å². The summed E-state index contributed by atoms with van der Waals surface area (Å²) in [6, 6.07) is 4.32. The van der Waals surface area contributed by atoms with Gasteiger partial charge in [-0.3, -0.25) is 9.36 Å². The predicted molar refractivity (Wildman–Crippen MR) is 158 cm³/mol. The largest absolute Gasteiger partial charge is 0.357 e. The lowest BCUT2D eigenvalue weighted by Gasteiger charge is -2.26. The number of hydrogen-bond donors (Lipinski definition) is 1. The van der Waals surface area contributed by atoms with Crippen molar-refractivity contribution >= 4 is 28.8 Å². The molecule has 0 bridgehead atoms. The Kier molecular flexibility index (Phi) is 11.5. The van der Waals surface area contributed by atoms with Crippen molar-refractivity contribution in [2.45, 2.75) is 97.4 Å². The lowest BCUT2D eigenvalue weighted by molar-refractivity contribution is -0.127. The number of aryl methyl sites for hydroxylation is 1. The number of nitrogens with one attached hydrogen (secondary N) is 1. The molecule has 2 aliphatic heterocycles. The summed E-state index contributed by atoms with van der Waals surface area (Å²) in [5, 5.41) is 3.63. The molecule has 2 aromatic heterocycles. The summed E-state index contributed by atoms with van der Waals surface area (Å²) in [4.78, 5) is 29.2. The van der Waals surface area contributed by atoms with Crippen LogP contribution in [0.1, 0.15) is 90.9 Å². The average molecular weight is 526 g/mol. The van der Waals surface area contributed by atoms with E-state index in [1.165, 1.54) is 58.0 Å². The van der Waals surface area contributed by atoms with Crippen LogP contribution in [0.25, 0.3) is 11.2 Å². The number of aromatic nitrogens is 3. The third-order valence-corrected chi connectivity index (χ3v) is 8.08. The van der Waals surface area contributed by atoms with Gasteiger partial charge in [-0.15, -0.1) is 0 Å². The van der Waals surface area contributed by atoms with Gasteiger partial charge >= 0.3 is 0 Å². The van der Waals surface area contributed by atoms with E-state index >= 15 is 0 Å². The van der Waals surface area contributed by atoms with Gasteiger partial charge in [-0.05, 0) is 83.1 Å². The Morgan fingerprint density at radius 2 is 1.63 bits per heavy atom. The van der Waals surface area contributed by atoms with Crippen molar-refractivity contribution in [1.82, 2.24) is 24.3 Å². The van der Waals surface area contributed by atoms with Crippen molar-refractivity contribution in [3.8, 4) is 0 Å². The number of carbonyl (C=O) groups is 1. The molecule has 2 aliphatic rings. The van der Waals surface area contributed by atoms with Gasteiger partial charge in [0, 0.05) is 45.7 Å². The zero-order chi connectivity index (χ0) is 26.6. The summed E-state index contributed by atoms with van der Waals surface area (Å²) in [5.41, 5.74) is 1.98. The molecule has 2 fully saturated rings. The Hall–Kier alpha value is -2.35. The minimum Gasteiger partial charge on any atom is -0.357 e. The topological polar surface area (TPSA) is 69.5 Å². The van der Waals surface area contributed by atoms with Crippen molar-refractivity contribution in [2.75, 3.05) is 62.6 Å². The van der Waals surface area contributed by atoms with Crippen LogP contribution in [0.4, 0.5) is 11.8 Å². The van der Waals surface area contributed by atoms with Crippen LogP contribution in [-0.2, 0) is 11.3 Å². The Morgan fingerprint density at radius 1 is 0.842 bits per heavy atom. The van der Waals surface area contributed by atoms with Crippen molar-refractivity contribution in [1.29, 1.82) is 0 Å². The quantitative estimate of drug-likeness (QED) is 0.274. The fourth-order valence-corrected chi connectivity index (χ4v) is 5.76. The number of carbonyl (C=O) groups excluding carboxylic acids is 1. The molecule has 8 heteroatoms. The number of imidazole rings is 1. The molecule has 2 aromatic rings. The van der Waals surface area contributed by atoms with Gasteiger partial charge in [-0.1, -0.05) is 33.1 Å². The Bertz CT molecular complexity index is 976. The van der Waals surface area contributed by atoms with E-state index in [0.29, 0.717) is 5.91 Å². The van der Waals surface area contributed by atoms with Crippen LogP contribution in [0.5, 0.6) is 0 Å². The molecule has 0 spiro atoms. The standard InChI is InChI=1S/C30H51N7O/c1-3-5-21-35(22-6-4-2)27-16-15-26-29(33-27)37(25-13-20-34-18-9-7-10-19-34)30(32-26)31-17-8-11-23-36-24-12-14-28(36)38/h15-16H,3-14,17-25H2,1-2H3,(H,31,32). The molecule has 4 heterocycles. The van der Waals surface area contributed by atoms with Crippen molar-refractivity contribution in [2.24, 2.45) is 0 Å². The van der Waals surface area contributed by atoms with E-state index < -0.39 is 0 Å². The molecule has 1 N–H and O–H groups in total. The average Bonchev–Trinajstić information content (AvgIpc) is 3.51. The lowest BCUT2D eigenvalue weighted by atomic mass is 10.1. The van der Waals surface area contributed by atoms with Crippen LogP contribution in [0, 0.1) is 0 Å². The molecule has 1 amide bonds. The molecule has 2 saturated heterocycles. The highest BCUT2D eigenvalue weighted by atomic mass is 16.2. The highest BCUT2D eigenvalue weighted by Crippen LogP contribution is 2.24. The van der Waals surface area contributed by atoms with Gasteiger partial charge in [-0.2, -0.15) is 0 Å². The molecule has 0 aromatic carbocycles. The van der Waals surface area contributed by atoms with Crippen LogP contribution in [-0.4, -0.2) is 82.6 Å². The lowest BCUT2D eigenvalue weighted by Crippen LogP contribution is -2.31. The predicted octanol–water partition coefficient (Wildman–Crippen LogP) is 5.53. The zero-order valence-electron chi connectivity index (χ0n) is 24.1. The first-order chi connectivity index (χ1) is 18.7. The minimum atomic E-state index is 0.322. The minimum absolute atomic E-state index is 0.322. The maximum absolute atomic E-state index is 11.9. The van der Waals surface area contributed by atoms with Crippen LogP contribution >= 0.6 is 0 Å². The first-order valence-electron chi connectivity index (χ1n) is 15.6. The third kappa shape index (κ3) is 8.08. The second-order valence-corrected chi connectivity index (χ2v) is 11.2. The second-order valence-electron chi connectivity index (χ2n) is 11.2. The number of piperidine rings is 1. The van der Waals surface area contributed by atoms with Crippen molar-refractivity contribution in [3.63, 3.8) is 0 Å². The molecule has 0 saturated carbocycles. The molecule has 0 atom stereocenters. The number of rotatable bonds is 17. The normalized spacial score (nSPS) is 16.6. The summed E-state index contributed by atoms with van der Waals surface area (Å²) < 4.78 is 2.32. The summed E-state index contributed by atoms with van der Waals surface area (Å²) in [5.74, 6) is 2.34. The monoisotopic (exact) mass is 525 g/mol. The Labute approximate surface area is 230 Å². The van der Waals surface area contributed by atoms with Crippen LogP contribution in [0.3, 0.4) is 0 Å². The van der Waals surface area contributed by atoms with Gasteiger partial charge in [0.1, 0.15) is 11.3 Å². The number of amides is 1. The van der Waals surface area contributed by atoms with Crippen molar-refractivity contribution in [3.05, 3.63) is 12.1 Å². The molecule has 38 heavy (non-hydrogen) atoms. The molecular weight excluding hydrogens is 474 g/mol. The van der Waals surface area contributed by atoms with Gasteiger partial charge in [-0.25, -0.2) is 9.97 Å². The number of fused-ring (bicyclic) bond motifs is 1. The fourth-order valence-electron chi connectivity index (χ4n) is 5.76. The molecule has 4 rings (SSSR count). The van der Waals surface area contributed by atoms with E-state index in [1.54, 1.807) is 0 Å². The number of pyridine rings is 1. The molecule has 0 radical (unpaired) electrons. The number of hydrogen-bond acceptors (Lipinski definition) is 6. The first kappa shape index (κ1) is 28.7. The van der Waals surface area contributed by atoms with Gasteiger partial charge in [0.25, 0.3) is 0 Å². The SMILES string of the molecule is CCCCN(CCCC)c1ccc2nc(NCCCCN3CCCC3=O)n(CCCN3CCCCC3)c2n1. The number of likely N-dealkylation sites (tertiary alicyclic amines) is 2. The zero-order valence-corrected chi connectivity index (χ0v) is 24.1. The molecule has 0 unspecified atom stereocenters. The molecule has 0 aliphatic carbocycles. The van der Waals surface area contributed by atoms with Gasteiger partial charge in [0.2, 0.25) is 11.9 Å². The summed E-state index contributed by atoms with van der Waals surface area (Å²) in [7, 11) is 0. The highest BCUT2D eigenvalue weighted by molar-refractivity contribution is 5.78.